The maximum atomic E-state index is 9.55. The molecule has 96 heavy (non-hydrogen) atoms. The summed E-state index contributed by atoms with van der Waals surface area (Å²) in [5, 5.41) is 35.6. The minimum absolute atomic E-state index is 0. The van der Waals surface area contributed by atoms with E-state index in [1.807, 2.05) is 0 Å². The number of aromatic nitrogens is 1. The predicted molar refractivity (Wildman–Crippen MR) is 411 cm³/mol. The van der Waals surface area contributed by atoms with Gasteiger partial charge >= 0.3 is 0 Å². The van der Waals surface area contributed by atoms with Gasteiger partial charge in [-0.3, -0.25) is 0 Å². The summed E-state index contributed by atoms with van der Waals surface area (Å²) in [6.07, 6.45) is 5.37. The molecule has 4 nitrogen and oxygen atoms in total. The standard InChI is InChI=1S/4C18H15P.C15H9NO3.Pd/c4*1-4-10-16(11-5-1)19(17-12-6-2-7-13-17)18-14-8-3-9-15-18;1-2-9-7-12(18)8-13-14(9)19-15(16-13)10-3-5-11(17)6-4-10;/h4*1-15H;1,3-8,17-18H;. The van der Waals surface area contributed by atoms with Crippen LogP contribution < -0.4 is 63.7 Å². The van der Waals surface area contributed by atoms with Crippen molar-refractivity contribution in [3.63, 3.8) is 0 Å². The number of hydrogen-bond donors (Lipinski definition) is 2. The molecule has 15 aromatic rings. The van der Waals surface area contributed by atoms with Crippen molar-refractivity contribution in [1.29, 1.82) is 0 Å². The van der Waals surface area contributed by atoms with Crippen molar-refractivity contribution in [2.75, 3.05) is 0 Å². The zero-order chi connectivity index (χ0) is 65.1. The zero-order valence-corrected chi connectivity index (χ0v) is 57.7. The Morgan fingerprint density at radius 2 is 0.458 bits per heavy atom. The first-order chi connectivity index (χ1) is 47.0. The van der Waals surface area contributed by atoms with Crippen molar-refractivity contribution < 1.29 is 35.1 Å². The van der Waals surface area contributed by atoms with Gasteiger partial charge in [0.1, 0.15) is 17.0 Å². The van der Waals surface area contributed by atoms with Gasteiger partial charge in [0.2, 0.25) is 5.89 Å². The van der Waals surface area contributed by atoms with E-state index in [1.54, 1.807) is 24.3 Å². The predicted octanol–water partition coefficient (Wildman–Crippen LogP) is 16.7. The second-order valence-corrected chi connectivity index (χ2v) is 30.3. The third-order valence-electron chi connectivity index (χ3n) is 14.9. The summed E-state index contributed by atoms with van der Waals surface area (Å²) >= 11 is 0. The van der Waals surface area contributed by atoms with Crippen molar-refractivity contribution in [3.8, 4) is 35.3 Å². The molecule has 0 fully saturated rings. The number of aromatic hydroxyl groups is 2. The van der Waals surface area contributed by atoms with Crippen molar-refractivity contribution in [2.24, 2.45) is 0 Å². The van der Waals surface area contributed by atoms with Crippen molar-refractivity contribution in [2.45, 2.75) is 0 Å². The molecule has 0 aliphatic rings. The van der Waals surface area contributed by atoms with E-state index in [9.17, 15) is 10.2 Å². The largest absolute Gasteiger partial charge is 0.508 e. The maximum Gasteiger partial charge on any atom is 0.227 e. The molecule has 0 spiro atoms. The minimum Gasteiger partial charge on any atom is -0.508 e. The molecule has 9 heteroatoms. The monoisotopic (exact) mass is 1410 g/mol. The molecule has 2 N–H and O–H groups in total. The third-order valence-corrected chi connectivity index (χ3v) is 24.7. The van der Waals surface area contributed by atoms with Crippen LogP contribution in [-0.2, 0) is 20.4 Å². The van der Waals surface area contributed by atoms with Crippen LogP contribution in [0.3, 0.4) is 0 Å². The number of nitrogens with zero attached hydrogens (tertiary/aromatic N) is 1. The second kappa shape index (κ2) is 36.7. The first kappa shape index (κ1) is 68.9. The Balaban J connectivity index is 0.000000130. The molecule has 0 radical (unpaired) electrons. The number of fused-ring (bicyclic) bond motifs is 1. The van der Waals surface area contributed by atoms with E-state index >= 15 is 0 Å². The van der Waals surface area contributed by atoms with Crippen molar-refractivity contribution in [3.05, 3.63) is 406 Å². The van der Waals surface area contributed by atoms with Gasteiger partial charge in [-0.2, -0.15) is 0 Å². The normalized spacial score (nSPS) is 10.4. The molecule has 1 heterocycles. The Hall–Kier alpha value is -9.91. The van der Waals surface area contributed by atoms with Crippen molar-refractivity contribution in [1.82, 2.24) is 4.98 Å². The van der Waals surface area contributed by atoms with Gasteiger partial charge in [0.25, 0.3) is 0 Å². The first-order valence-electron chi connectivity index (χ1n) is 31.2. The summed E-state index contributed by atoms with van der Waals surface area (Å²) in [5.41, 5.74) is 2.13. The van der Waals surface area contributed by atoms with Crippen LogP contribution in [0.25, 0.3) is 22.6 Å². The summed E-state index contributed by atoms with van der Waals surface area (Å²) in [5.74, 6) is 3.05. The number of hydrogen-bond acceptors (Lipinski definition) is 4. The molecular formula is C87H69NO3P4Pd. The van der Waals surface area contributed by atoms with Crippen LogP contribution in [0.2, 0.25) is 0 Å². The average molecular weight is 1410 g/mol. The van der Waals surface area contributed by atoms with Crippen LogP contribution in [-0.4, -0.2) is 15.2 Å². The summed E-state index contributed by atoms with van der Waals surface area (Å²) in [7, 11) is -1.78. The number of phenolic OH excluding ortho intramolecular Hbond substituents is 2. The van der Waals surface area contributed by atoms with E-state index in [0.717, 1.165) is 5.56 Å². The molecule has 0 atom stereocenters. The number of benzene rings is 14. The van der Waals surface area contributed by atoms with Gasteiger partial charge in [-0.25, -0.2) is 4.98 Å². The van der Waals surface area contributed by atoms with Gasteiger partial charge in [0, 0.05) is 32.1 Å². The van der Waals surface area contributed by atoms with Crippen LogP contribution in [0.4, 0.5) is 0 Å². The van der Waals surface area contributed by atoms with Gasteiger partial charge in [0.15, 0.2) is 5.58 Å². The van der Waals surface area contributed by atoms with E-state index in [1.165, 1.54) is 75.8 Å². The molecule has 0 aliphatic heterocycles. The summed E-state index contributed by atoms with van der Waals surface area (Å²) < 4.78 is 5.62. The fourth-order valence-corrected chi connectivity index (χ4v) is 19.8. The van der Waals surface area contributed by atoms with Gasteiger partial charge in [0.05, 0.1) is 5.56 Å². The maximum absolute atomic E-state index is 9.55. The van der Waals surface area contributed by atoms with Gasteiger partial charge in [-0.1, -0.05) is 370 Å². The van der Waals surface area contributed by atoms with Gasteiger partial charge < -0.3 is 14.6 Å². The molecule has 15 rings (SSSR count). The summed E-state index contributed by atoms with van der Waals surface area (Å²) in [6.45, 7) is 0. The van der Waals surface area contributed by atoms with Gasteiger partial charge in [-0.15, -0.1) is 6.42 Å². The molecular weight excluding hydrogens is 1340 g/mol. The first-order valence-corrected chi connectivity index (χ1v) is 36.5. The molecule has 14 aromatic carbocycles. The quantitative estimate of drug-likeness (QED) is 0.0686. The smallest absolute Gasteiger partial charge is 0.227 e. The van der Waals surface area contributed by atoms with E-state index in [0.29, 0.717) is 22.6 Å². The Morgan fingerprint density at radius 3 is 0.646 bits per heavy atom. The number of terminal acetylenes is 1. The fourth-order valence-electron chi connectivity index (χ4n) is 10.6. The molecule has 0 saturated carbocycles. The van der Waals surface area contributed by atoms with E-state index in [4.69, 9.17) is 10.8 Å². The minimum atomic E-state index is -0.446. The number of rotatable bonds is 13. The molecule has 1 aromatic heterocycles. The Bertz CT molecular complexity index is 3860. The van der Waals surface area contributed by atoms with Crippen LogP contribution in [0.5, 0.6) is 11.5 Å². The Kier molecular flexibility index (Phi) is 26.3. The zero-order valence-electron chi connectivity index (χ0n) is 52.5. The summed E-state index contributed by atoms with van der Waals surface area (Å²) in [4.78, 5) is 4.28. The average Bonchev–Trinajstić information content (AvgIpc) is 1.57. The van der Waals surface area contributed by atoms with Crippen LogP contribution in [0.15, 0.2) is 405 Å². The van der Waals surface area contributed by atoms with E-state index in [2.05, 4.69) is 375 Å². The van der Waals surface area contributed by atoms with Crippen LogP contribution >= 0.6 is 31.7 Å². The Labute approximate surface area is 583 Å². The molecule has 0 aliphatic carbocycles. The molecule has 470 valence electrons. The SMILES string of the molecule is C#Cc1cc(O)cc2nc(-c3ccc(O)cc3)oc12.[Pd].c1ccc(P(c2ccccc2)c2ccccc2)cc1.c1ccc(P(c2ccccc2)c2ccccc2)cc1.c1ccc(P(c2ccccc2)c2ccccc2)cc1.c1ccc(P(c2ccccc2)c2ccccc2)cc1. The molecule has 0 bridgehead atoms. The van der Waals surface area contributed by atoms with Crippen LogP contribution in [0.1, 0.15) is 5.56 Å². The van der Waals surface area contributed by atoms with E-state index in [-0.39, 0.29) is 31.9 Å². The number of oxazole rings is 1. The van der Waals surface area contributed by atoms with Crippen LogP contribution in [0, 0.1) is 12.3 Å². The molecule has 0 unspecified atom stereocenters. The topological polar surface area (TPSA) is 66.5 Å². The fraction of sp³-hybridized carbons (Fsp3) is 0. The van der Waals surface area contributed by atoms with Crippen molar-refractivity contribution >= 4 is 106 Å². The summed E-state index contributed by atoms with van der Waals surface area (Å²) in [6, 6.07) is 139. The molecule has 0 saturated heterocycles. The third kappa shape index (κ3) is 19.2. The van der Waals surface area contributed by atoms with E-state index < -0.39 is 31.7 Å². The Morgan fingerprint density at radius 1 is 0.260 bits per heavy atom. The van der Waals surface area contributed by atoms with Gasteiger partial charge in [-0.05, 0) is 126 Å². The molecule has 0 amide bonds. The number of phenols is 2. The second-order valence-electron chi connectivity index (χ2n) is 21.4.